The van der Waals surface area contributed by atoms with Crippen molar-refractivity contribution in [2.24, 2.45) is 0 Å². The number of aromatic nitrogens is 3. The van der Waals surface area contributed by atoms with Gasteiger partial charge in [-0.2, -0.15) is 0 Å². The maximum atomic E-state index is 12.5. The van der Waals surface area contributed by atoms with Crippen molar-refractivity contribution in [3.8, 4) is 0 Å². The van der Waals surface area contributed by atoms with Gasteiger partial charge in [-0.1, -0.05) is 0 Å². The second-order valence-corrected chi connectivity index (χ2v) is 6.11. The number of aryl methyl sites for hydroxylation is 2. The van der Waals surface area contributed by atoms with Crippen LogP contribution in [0.25, 0.3) is 0 Å². The van der Waals surface area contributed by atoms with Crippen LogP contribution >= 0.6 is 22.6 Å². The normalized spacial score (nSPS) is 10.9. The molecule has 0 aliphatic rings. The van der Waals surface area contributed by atoms with Crippen LogP contribution in [0.5, 0.6) is 0 Å². The van der Waals surface area contributed by atoms with Gasteiger partial charge in [-0.15, -0.1) is 0 Å². The second kappa shape index (κ2) is 6.13. The average Bonchev–Trinajstić information content (AvgIpc) is 2.74. The largest absolute Gasteiger partial charge is 0.349 e. The SMILES string of the molecule is CCn1c(C)cc(C(=O)Cn2cnc(C)c(I)c2=O)c1C. The van der Waals surface area contributed by atoms with Gasteiger partial charge in [0.25, 0.3) is 5.56 Å². The number of hydrogen-bond acceptors (Lipinski definition) is 3. The molecule has 0 spiro atoms. The molecule has 0 aromatic carbocycles. The molecule has 0 bridgehead atoms. The van der Waals surface area contributed by atoms with Gasteiger partial charge in [0.2, 0.25) is 0 Å². The Morgan fingerprint density at radius 2 is 2.00 bits per heavy atom. The van der Waals surface area contributed by atoms with Gasteiger partial charge in [-0.25, -0.2) is 4.98 Å². The highest BCUT2D eigenvalue weighted by Gasteiger charge is 2.16. The lowest BCUT2D eigenvalue weighted by molar-refractivity contribution is 0.0969. The summed E-state index contributed by atoms with van der Waals surface area (Å²) in [4.78, 5) is 28.7. The molecule has 0 unspecified atom stereocenters. The highest BCUT2D eigenvalue weighted by Crippen LogP contribution is 2.16. The number of rotatable bonds is 4. The first-order chi connectivity index (χ1) is 9.86. The maximum Gasteiger partial charge on any atom is 0.267 e. The standard InChI is InChI=1S/C15H18IN3O2/c1-5-19-9(2)6-12(11(19)4)13(20)7-18-8-17-10(3)14(16)15(18)21/h6,8H,5,7H2,1-4H3. The monoisotopic (exact) mass is 399 g/mol. The van der Waals surface area contributed by atoms with E-state index >= 15 is 0 Å². The lowest BCUT2D eigenvalue weighted by Gasteiger charge is -2.07. The van der Waals surface area contributed by atoms with Crippen LogP contribution in [0.15, 0.2) is 17.2 Å². The molecule has 0 atom stereocenters. The molecular formula is C15H18IN3O2. The van der Waals surface area contributed by atoms with Crippen molar-refractivity contribution in [2.45, 2.75) is 40.8 Å². The Kier molecular flexibility index (Phi) is 4.65. The molecule has 0 fully saturated rings. The maximum absolute atomic E-state index is 12.5. The van der Waals surface area contributed by atoms with E-state index in [0.717, 1.165) is 17.9 Å². The molecule has 0 aliphatic heterocycles. The molecule has 6 heteroatoms. The van der Waals surface area contributed by atoms with Gasteiger partial charge in [0.15, 0.2) is 5.78 Å². The quantitative estimate of drug-likeness (QED) is 0.587. The predicted molar refractivity (Wildman–Crippen MR) is 89.9 cm³/mol. The molecule has 2 aromatic heterocycles. The van der Waals surface area contributed by atoms with Crippen LogP contribution in [-0.2, 0) is 13.1 Å². The molecule has 2 aromatic rings. The summed E-state index contributed by atoms with van der Waals surface area (Å²) in [7, 11) is 0. The van der Waals surface area contributed by atoms with Crippen LogP contribution < -0.4 is 5.56 Å². The highest BCUT2D eigenvalue weighted by atomic mass is 127. The molecular weight excluding hydrogens is 381 g/mol. The fourth-order valence-corrected chi connectivity index (χ4v) is 2.92. The van der Waals surface area contributed by atoms with E-state index in [1.54, 1.807) is 6.92 Å². The van der Waals surface area contributed by atoms with E-state index in [1.807, 2.05) is 49.4 Å². The molecule has 0 saturated heterocycles. The van der Waals surface area contributed by atoms with E-state index < -0.39 is 0 Å². The molecule has 0 saturated carbocycles. The van der Waals surface area contributed by atoms with Gasteiger partial charge in [0, 0.05) is 23.5 Å². The first-order valence-corrected chi connectivity index (χ1v) is 7.86. The number of nitrogens with zero attached hydrogens (tertiary/aromatic N) is 3. The fourth-order valence-electron chi connectivity index (χ4n) is 2.47. The summed E-state index contributed by atoms with van der Waals surface area (Å²) in [6.45, 7) is 8.60. The van der Waals surface area contributed by atoms with Gasteiger partial charge in [-0.05, 0) is 56.4 Å². The van der Waals surface area contributed by atoms with E-state index in [4.69, 9.17) is 0 Å². The molecule has 0 aliphatic carbocycles. The Balaban J connectivity index is 2.35. The minimum Gasteiger partial charge on any atom is -0.349 e. The average molecular weight is 399 g/mol. The van der Waals surface area contributed by atoms with Crippen molar-refractivity contribution < 1.29 is 4.79 Å². The van der Waals surface area contributed by atoms with E-state index in [2.05, 4.69) is 9.55 Å². The van der Waals surface area contributed by atoms with Crippen molar-refractivity contribution in [3.05, 3.63) is 49.0 Å². The predicted octanol–water partition coefficient (Wildman–Crippen LogP) is 2.48. The summed E-state index contributed by atoms with van der Waals surface area (Å²) in [5.74, 6) is -0.0636. The third kappa shape index (κ3) is 2.95. The Morgan fingerprint density at radius 1 is 1.33 bits per heavy atom. The van der Waals surface area contributed by atoms with Gasteiger partial charge < -0.3 is 4.57 Å². The number of ketones is 1. The smallest absolute Gasteiger partial charge is 0.267 e. The minimum atomic E-state index is -0.166. The van der Waals surface area contributed by atoms with E-state index in [0.29, 0.717) is 14.8 Å². The van der Waals surface area contributed by atoms with Gasteiger partial charge in [-0.3, -0.25) is 14.2 Å². The molecule has 112 valence electrons. The summed E-state index contributed by atoms with van der Waals surface area (Å²) in [5, 5.41) is 0. The summed E-state index contributed by atoms with van der Waals surface area (Å²) in [6.07, 6.45) is 1.44. The first-order valence-electron chi connectivity index (χ1n) is 6.78. The number of Topliss-reactive ketones (excluding diaryl/α,β-unsaturated/α-hetero) is 1. The zero-order chi connectivity index (χ0) is 15.7. The Bertz CT molecular complexity index is 759. The Labute approximate surface area is 137 Å². The van der Waals surface area contributed by atoms with Crippen LogP contribution in [0.2, 0.25) is 0 Å². The number of carbonyl (C=O) groups is 1. The third-order valence-corrected chi connectivity index (χ3v) is 4.90. The van der Waals surface area contributed by atoms with Crippen molar-refractivity contribution in [3.63, 3.8) is 0 Å². The lowest BCUT2D eigenvalue weighted by Crippen LogP contribution is -2.27. The zero-order valence-corrected chi connectivity index (χ0v) is 14.8. The number of halogens is 1. The summed E-state index contributed by atoms with van der Waals surface area (Å²) >= 11 is 1.97. The van der Waals surface area contributed by atoms with Crippen LogP contribution in [0.1, 0.15) is 34.4 Å². The highest BCUT2D eigenvalue weighted by molar-refractivity contribution is 14.1. The van der Waals surface area contributed by atoms with Crippen molar-refractivity contribution in [2.75, 3.05) is 0 Å². The number of hydrogen-bond donors (Lipinski definition) is 0. The molecule has 2 rings (SSSR count). The van der Waals surface area contributed by atoms with Crippen LogP contribution in [0.3, 0.4) is 0 Å². The minimum absolute atomic E-state index is 0.0239. The first kappa shape index (κ1) is 15.9. The molecule has 2 heterocycles. The molecule has 0 N–H and O–H groups in total. The van der Waals surface area contributed by atoms with Crippen LogP contribution in [0, 0.1) is 24.3 Å². The summed E-state index contributed by atoms with van der Waals surface area (Å²) in [5.41, 5.74) is 3.20. The van der Waals surface area contributed by atoms with Crippen molar-refractivity contribution >= 4 is 28.4 Å². The van der Waals surface area contributed by atoms with E-state index in [-0.39, 0.29) is 17.9 Å². The number of carbonyl (C=O) groups excluding carboxylic acids is 1. The van der Waals surface area contributed by atoms with Crippen molar-refractivity contribution in [1.29, 1.82) is 0 Å². The van der Waals surface area contributed by atoms with Crippen LogP contribution in [0.4, 0.5) is 0 Å². The fraction of sp³-hybridized carbons (Fsp3) is 0.400. The summed E-state index contributed by atoms with van der Waals surface area (Å²) in [6, 6.07) is 1.89. The molecule has 5 nitrogen and oxygen atoms in total. The van der Waals surface area contributed by atoms with Gasteiger partial charge in [0.05, 0.1) is 22.1 Å². The van der Waals surface area contributed by atoms with Gasteiger partial charge in [0.1, 0.15) is 0 Å². The molecule has 0 amide bonds. The lowest BCUT2D eigenvalue weighted by atomic mass is 10.1. The second-order valence-electron chi connectivity index (χ2n) is 5.03. The topological polar surface area (TPSA) is 56.9 Å². The van der Waals surface area contributed by atoms with E-state index in [1.165, 1.54) is 10.9 Å². The van der Waals surface area contributed by atoms with E-state index in [9.17, 15) is 9.59 Å². The Morgan fingerprint density at radius 3 is 2.57 bits per heavy atom. The van der Waals surface area contributed by atoms with Crippen molar-refractivity contribution in [1.82, 2.24) is 14.1 Å². The molecule has 0 radical (unpaired) electrons. The Hall–Kier alpha value is -1.44. The summed E-state index contributed by atoms with van der Waals surface area (Å²) < 4.78 is 4.02. The zero-order valence-electron chi connectivity index (χ0n) is 12.6. The van der Waals surface area contributed by atoms with Crippen LogP contribution in [-0.4, -0.2) is 19.9 Å². The van der Waals surface area contributed by atoms with Gasteiger partial charge >= 0.3 is 0 Å². The third-order valence-electron chi connectivity index (χ3n) is 3.66. The molecule has 21 heavy (non-hydrogen) atoms.